The smallest absolute Gasteiger partial charge is 0.792 e. The van der Waals surface area contributed by atoms with Gasteiger partial charge in [-0.2, -0.15) is 0 Å². The Morgan fingerprint density at radius 2 is 1.70 bits per heavy atom. The van der Waals surface area contributed by atoms with Gasteiger partial charge in [0.25, 0.3) is 0 Å². The zero-order valence-electron chi connectivity index (χ0n) is 27.0. The third kappa shape index (κ3) is 10.8. The Kier molecular flexibility index (Phi) is 17.4. The quantitative estimate of drug-likeness (QED) is 0.114. The van der Waals surface area contributed by atoms with Gasteiger partial charge in [0.2, 0.25) is 5.78 Å². The van der Waals surface area contributed by atoms with E-state index in [1.165, 1.54) is 24.3 Å². The molecule has 2 aliphatic rings. The molecule has 12 nitrogen and oxygen atoms in total. The van der Waals surface area contributed by atoms with Crippen molar-refractivity contribution in [3.8, 4) is 0 Å². The number of sulfone groups is 1. The first kappa shape index (κ1) is 44.2. The van der Waals surface area contributed by atoms with Gasteiger partial charge >= 0.3 is 94.6 Å². The molecule has 0 saturated carbocycles. The molecule has 0 saturated heterocycles. The molecule has 2 aromatic carbocycles. The predicted molar refractivity (Wildman–Crippen MR) is 161 cm³/mol. The Morgan fingerprint density at radius 3 is 2.34 bits per heavy atom. The van der Waals surface area contributed by atoms with Crippen molar-refractivity contribution in [1.82, 2.24) is 0 Å². The van der Waals surface area contributed by atoms with Crippen LogP contribution >= 0.6 is 10.6 Å². The van der Waals surface area contributed by atoms with E-state index in [0.29, 0.717) is 5.69 Å². The normalized spacial score (nSPS) is 18.1. The fourth-order valence-corrected chi connectivity index (χ4v) is 7.19. The second-order valence-electron chi connectivity index (χ2n) is 10.7. The van der Waals surface area contributed by atoms with E-state index in [-0.39, 0.29) is 136 Å². The van der Waals surface area contributed by atoms with E-state index in [2.05, 4.69) is 5.32 Å². The average Bonchev–Trinajstić information content (AvgIpc) is 3.27. The summed E-state index contributed by atoms with van der Waals surface area (Å²) in [6.07, 6.45) is 6.08. The molecule has 0 atom stereocenters. The van der Waals surface area contributed by atoms with Gasteiger partial charge in [0.05, 0.1) is 16.7 Å². The molecule has 0 unspecified atom stereocenters. The van der Waals surface area contributed by atoms with Crippen molar-refractivity contribution in [1.29, 1.82) is 0 Å². The number of nitrogens with zero attached hydrogens (tertiary/aromatic N) is 1. The second-order valence-corrected chi connectivity index (χ2v) is 14.1. The standard InChI is InChI=1S/C30H34N2O10S2.3Na/c1-30(2)23-16-20(31-17-21(33)18-42-19-28(34)35)12-13-24(23)32(14-7-15-43(37,38)39)27(30)11-6-5-10-26-29(36)22-8-3-4-9-25(22)44(26,40)41;;;/h3-6,8-13,16,31,40-41H,7,14-15,17-19H2,1-2H3,(H,34,35)(H,37,38,39);;;/q;3*+1/p-3/b6-5+,26-10-,27-11-;;;. The molecule has 0 fully saturated rings. The molecular weight excluding hydrogens is 681 g/mol. The maximum absolute atomic E-state index is 12.9. The van der Waals surface area contributed by atoms with Crippen LogP contribution in [0, 0.1) is 0 Å². The van der Waals surface area contributed by atoms with Gasteiger partial charge in [-0.25, -0.2) is 13.2 Å². The molecule has 0 aliphatic carbocycles. The molecule has 2 aromatic rings. The number of rotatable bonds is 13. The van der Waals surface area contributed by atoms with Crippen LogP contribution < -0.4 is 98.9 Å². The molecule has 2 aliphatic heterocycles. The molecule has 2 N–H and O–H groups in total. The minimum atomic E-state index is -4.43. The van der Waals surface area contributed by atoms with Gasteiger partial charge in [-0.15, -0.1) is 0 Å². The topological polar surface area (TPSA) is 199 Å². The van der Waals surface area contributed by atoms with E-state index in [0.717, 1.165) is 16.9 Å². The maximum atomic E-state index is 12.9. The SMILES string of the molecule is CC1(C)/C(=C/C=C/C=C2/C(=O)c3ccccc3S2([O-])[O-])N(CCCS(=O)(=O)[O-])c2ccc(NCC(=O)COCC(=O)O)cc21.[Na+].[Na+].[Na+]. The van der Waals surface area contributed by atoms with Gasteiger partial charge in [-0.05, 0) is 54.5 Å². The average molecular weight is 713 g/mol. The van der Waals surface area contributed by atoms with Gasteiger partial charge in [0.1, 0.15) is 13.2 Å². The van der Waals surface area contributed by atoms with Crippen LogP contribution in [0.1, 0.15) is 36.2 Å². The number of Topliss-reactive ketones (excluding diaryl/α,β-unsaturated/α-hetero) is 2. The van der Waals surface area contributed by atoms with E-state index < -0.39 is 50.2 Å². The third-order valence-electron chi connectivity index (χ3n) is 7.19. The summed E-state index contributed by atoms with van der Waals surface area (Å²) in [5.74, 6) is -2.67. The van der Waals surface area contributed by atoms with Crippen LogP contribution in [0.3, 0.4) is 0 Å². The second kappa shape index (κ2) is 18.4. The molecular formula is C30H31N2Na3O10S2. The van der Waals surface area contributed by atoms with Crippen LogP contribution in [-0.4, -0.2) is 76.8 Å². The number of benzene rings is 2. The Hall–Kier alpha value is -0.790. The van der Waals surface area contributed by atoms with Crippen LogP contribution in [0.5, 0.6) is 0 Å². The Morgan fingerprint density at radius 1 is 1.04 bits per heavy atom. The molecule has 2 heterocycles. The molecule has 4 rings (SSSR count). The summed E-state index contributed by atoms with van der Waals surface area (Å²) in [6, 6.07) is 11.4. The molecule has 0 amide bonds. The zero-order valence-corrected chi connectivity index (χ0v) is 34.6. The number of allylic oxidation sites excluding steroid dienone is 6. The van der Waals surface area contributed by atoms with Crippen LogP contribution in [0.4, 0.5) is 11.4 Å². The monoisotopic (exact) mass is 712 g/mol. The van der Waals surface area contributed by atoms with Crippen molar-refractivity contribution in [3.05, 3.63) is 88.5 Å². The molecule has 0 radical (unpaired) electrons. The number of fused-ring (bicyclic) bond motifs is 2. The molecule has 17 heteroatoms. The maximum Gasteiger partial charge on any atom is 1.00 e. The van der Waals surface area contributed by atoms with Gasteiger partial charge in [0, 0.05) is 50.1 Å². The molecule has 0 aromatic heterocycles. The Bertz CT molecular complexity index is 1690. The number of ketones is 2. The summed E-state index contributed by atoms with van der Waals surface area (Å²) in [5.41, 5.74) is 2.39. The number of anilines is 2. The summed E-state index contributed by atoms with van der Waals surface area (Å²) < 4.78 is 64.4. The van der Waals surface area contributed by atoms with Crippen molar-refractivity contribution < 1.29 is 135 Å². The van der Waals surface area contributed by atoms with Crippen molar-refractivity contribution in [2.24, 2.45) is 0 Å². The Labute approximate surface area is 342 Å². The summed E-state index contributed by atoms with van der Waals surface area (Å²) in [7, 11) is -8.38. The number of nitrogens with one attached hydrogen (secondary N) is 1. The van der Waals surface area contributed by atoms with Gasteiger partial charge in [-0.1, -0.05) is 38.1 Å². The van der Waals surface area contributed by atoms with Crippen molar-refractivity contribution >= 4 is 49.6 Å². The minimum absolute atomic E-state index is 0. The van der Waals surface area contributed by atoms with E-state index >= 15 is 0 Å². The van der Waals surface area contributed by atoms with Crippen molar-refractivity contribution in [3.63, 3.8) is 0 Å². The number of hydrogen-bond donors (Lipinski definition) is 2. The van der Waals surface area contributed by atoms with E-state index in [1.54, 1.807) is 36.4 Å². The van der Waals surface area contributed by atoms with Crippen molar-refractivity contribution in [2.45, 2.75) is 30.6 Å². The number of carboxylic acids is 1. The van der Waals surface area contributed by atoms with Gasteiger partial charge in [0.15, 0.2) is 5.78 Å². The number of ether oxygens (including phenoxy) is 1. The summed E-state index contributed by atoms with van der Waals surface area (Å²) in [4.78, 5) is 36.9. The fraction of sp³-hybridized carbons (Fsp3) is 0.300. The number of carbonyl (C=O) groups excluding carboxylic acids is 2. The first-order valence-electron chi connectivity index (χ1n) is 13.5. The van der Waals surface area contributed by atoms with Crippen LogP contribution in [0.15, 0.2) is 82.3 Å². The molecule has 47 heavy (non-hydrogen) atoms. The van der Waals surface area contributed by atoms with E-state index in [1.807, 2.05) is 24.8 Å². The van der Waals surface area contributed by atoms with Gasteiger partial charge in [-0.3, -0.25) is 9.59 Å². The molecule has 0 bridgehead atoms. The van der Waals surface area contributed by atoms with E-state index in [9.17, 15) is 36.5 Å². The first-order valence-corrected chi connectivity index (χ1v) is 16.6. The number of hydrogen-bond acceptors (Lipinski definition) is 11. The summed E-state index contributed by atoms with van der Waals surface area (Å²) in [6.45, 7) is 3.03. The number of aliphatic carboxylic acids is 1. The zero-order chi connectivity index (χ0) is 32.3. The largest absolute Gasteiger partial charge is 1.00 e. The van der Waals surface area contributed by atoms with Crippen LogP contribution in [-0.2, 0) is 29.9 Å². The fourth-order valence-electron chi connectivity index (χ4n) is 5.15. The summed E-state index contributed by atoms with van der Waals surface area (Å²) >= 11 is 0. The van der Waals surface area contributed by atoms with Crippen LogP contribution in [0.2, 0.25) is 0 Å². The first-order chi connectivity index (χ1) is 20.6. The van der Waals surface area contributed by atoms with Crippen molar-refractivity contribution in [2.75, 3.05) is 42.3 Å². The minimum Gasteiger partial charge on any atom is -0.792 e. The third-order valence-corrected chi connectivity index (χ3v) is 9.82. The number of carboxylic acid groups (broad SMARTS) is 1. The van der Waals surface area contributed by atoms with Crippen LogP contribution in [0.25, 0.3) is 0 Å². The predicted octanol–water partition coefficient (Wildman–Crippen LogP) is -5.54. The van der Waals surface area contributed by atoms with Gasteiger partial charge < -0.3 is 44.3 Å². The molecule has 236 valence electrons. The molecule has 0 spiro atoms. The van der Waals surface area contributed by atoms with E-state index in [4.69, 9.17) is 9.84 Å². The Balaban J connectivity index is 0.00000368. The number of carbonyl (C=O) groups is 3. The summed E-state index contributed by atoms with van der Waals surface area (Å²) in [5, 5.41) is 11.6.